The van der Waals surface area contributed by atoms with Gasteiger partial charge in [-0.1, -0.05) is 18.0 Å². The fourth-order valence-electron chi connectivity index (χ4n) is 4.22. The number of aromatic nitrogens is 2. The van der Waals surface area contributed by atoms with E-state index in [1.165, 1.54) is 6.42 Å². The van der Waals surface area contributed by atoms with E-state index in [-0.39, 0.29) is 24.4 Å². The molecular weight excluding hydrogens is 392 g/mol. The zero-order chi connectivity index (χ0) is 19.8. The van der Waals surface area contributed by atoms with Gasteiger partial charge < -0.3 is 20.0 Å². The third-order valence-electron chi connectivity index (χ3n) is 5.71. The summed E-state index contributed by atoms with van der Waals surface area (Å²) in [6, 6.07) is 3.82. The van der Waals surface area contributed by atoms with Crippen LogP contribution in [0.2, 0.25) is 0 Å². The number of nitrogens with one attached hydrogen (secondary N) is 1. The Hall–Kier alpha value is -2.38. The summed E-state index contributed by atoms with van der Waals surface area (Å²) in [7, 11) is 0. The number of carbonyl (C=O) groups is 1. The highest BCUT2D eigenvalue weighted by Crippen LogP contribution is 2.31. The van der Waals surface area contributed by atoms with Crippen LogP contribution in [0.1, 0.15) is 53.3 Å². The van der Waals surface area contributed by atoms with E-state index >= 15 is 0 Å². The SMILES string of the molecule is Cc1cc(-c2cc(C(=O)NC3CCCCC3CN)c3c(C)noc3n2)c(C)o1.Cl. The summed E-state index contributed by atoms with van der Waals surface area (Å²) in [6.07, 6.45) is 4.29. The van der Waals surface area contributed by atoms with Gasteiger partial charge in [0.1, 0.15) is 11.5 Å². The third kappa shape index (κ3) is 4.02. The molecule has 0 saturated heterocycles. The lowest BCUT2D eigenvalue weighted by atomic mass is 9.84. The Bertz CT molecular complexity index is 1030. The molecule has 7 nitrogen and oxygen atoms in total. The fourth-order valence-corrected chi connectivity index (χ4v) is 4.22. The second-order valence-corrected chi connectivity index (χ2v) is 7.69. The van der Waals surface area contributed by atoms with Crippen molar-refractivity contribution in [3.05, 3.63) is 34.9 Å². The number of nitrogens with two attached hydrogens (primary N) is 1. The molecule has 0 bridgehead atoms. The Morgan fingerprint density at radius 2 is 2.00 bits per heavy atom. The molecule has 3 N–H and O–H groups in total. The number of hydrogen-bond donors (Lipinski definition) is 2. The summed E-state index contributed by atoms with van der Waals surface area (Å²) in [5, 5.41) is 7.87. The van der Waals surface area contributed by atoms with Crippen molar-refractivity contribution in [2.75, 3.05) is 6.54 Å². The topological polar surface area (TPSA) is 107 Å². The van der Waals surface area contributed by atoms with Gasteiger partial charge in [-0.25, -0.2) is 4.98 Å². The first-order chi connectivity index (χ1) is 13.5. The molecule has 0 aliphatic heterocycles. The predicted molar refractivity (Wildman–Crippen MR) is 113 cm³/mol. The van der Waals surface area contributed by atoms with Crippen LogP contribution in [0.5, 0.6) is 0 Å². The van der Waals surface area contributed by atoms with Gasteiger partial charge in [-0.3, -0.25) is 4.79 Å². The maximum Gasteiger partial charge on any atom is 0.259 e. The first kappa shape index (κ1) is 21.3. The Balaban J connectivity index is 0.00000240. The predicted octanol–water partition coefficient (Wildman–Crippen LogP) is 4.08. The van der Waals surface area contributed by atoms with Crippen LogP contribution in [0.4, 0.5) is 0 Å². The molecule has 4 rings (SSSR count). The standard InChI is InChI=1S/C21H26N4O3.ClH/c1-11-8-15(13(3)27-11)18-9-16(19-12(2)25-28-21(19)24-18)20(26)23-17-7-5-4-6-14(17)10-22;/h8-9,14,17H,4-7,10,22H2,1-3H3,(H,23,26);1H. The Kier molecular flexibility index (Phi) is 6.29. The summed E-state index contributed by atoms with van der Waals surface area (Å²) in [4.78, 5) is 17.8. The lowest BCUT2D eigenvalue weighted by Gasteiger charge is -2.31. The van der Waals surface area contributed by atoms with Crippen LogP contribution in [0.3, 0.4) is 0 Å². The molecule has 1 aliphatic rings. The highest BCUT2D eigenvalue weighted by atomic mass is 35.5. The second-order valence-electron chi connectivity index (χ2n) is 7.69. The molecule has 0 aromatic carbocycles. The van der Waals surface area contributed by atoms with Gasteiger partial charge in [0.05, 0.1) is 22.3 Å². The van der Waals surface area contributed by atoms with E-state index < -0.39 is 0 Å². The number of furan rings is 1. The molecule has 29 heavy (non-hydrogen) atoms. The molecule has 3 heterocycles. The molecule has 3 aromatic rings. The number of pyridine rings is 1. The first-order valence-corrected chi connectivity index (χ1v) is 9.83. The molecule has 1 aliphatic carbocycles. The van der Waals surface area contributed by atoms with E-state index in [2.05, 4.69) is 15.5 Å². The Labute approximate surface area is 175 Å². The maximum atomic E-state index is 13.2. The minimum Gasteiger partial charge on any atom is -0.466 e. The molecular formula is C21H27ClN4O3. The minimum absolute atomic E-state index is 0. The molecule has 1 amide bonds. The van der Waals surface area contributed by atoms with E-state index in [1.807, 2.05) is 26.8 Å². The lowest BCUT2D eigenvalue weighted by molar-refractivity contribution is 0.0909. The Morgan fingerprint density at radius 1 is 1.24 bits per heavy atom. The van der Waals surface area contributed by atoms with Crippen LogP contribution in [-0.2, 0) is 0 Å². The quantitative estimate of drug-likeness (QED) is 0.661. The number of hydrogen-bond acceptors (Lipinski definition) is 6. The van der Waals surface area contributed by atoms with E-state index in [9.17, 15) is 4.79 Å². The zero-order valence-electron chi connectivity index (χ0n) is 16.9. The normalized spacial score (nSPS) is 19.2. The number of rotatable bonds is 4. The van der Waals surface area contributed by atoms with Crippen molar-refractivity contribution in [1.82, 2.24) is 15.5 Å². The number of aryl methyl sites for hydroxylation is 3. The van der Waals surface area contributed by atoms with E-state index in [4.69, 9.17) is 14.7 Å². The van der Waals surface area contributed by atoms with Crippen molar-refractivity contribution in [2.45, 2.75) is 52.5 Å². The number of nitrogens with zero attached hydrogens (tertiary/aromatic N) is 2. The van der Waals surface area contributed by atoms with E-state index in [0.29, 0.717) is 40.5 Å². The van der Waals surface area contributed by atoms with Crippen LogP contribution in [0, 0.1) is 26.7 Å². The number of halogens is 1. The molecule has 1 fully saturated rings. The van der Waals surface area contributed by atoms with Gasteiger partial charge in [-0.05, 0) is 58.2 Å². The van der Waals surface area contributed by atoms with Crippen LogP contribution in [0.25, 0.3) is 22.4 Å². The van der Waals surface area contributed by atoms with Gasteiger partial charge in [0.25, 0.3) is 11.6 Å². The molecule has 156 valence electrons. The van der Waals surface area contributed by atoms with Gasteiger partial charge in [-0.15, -0.1) is 12.4 Å². The minimum atomic E-state index is -0.136. The molecule has 8 heteroatoms. The summed E-state index contributed by atoms with van der Waals surface area (Å²) in [6.45, 7) is 6.17. The lowest BCUT2D eigenvalue weighted by Crippen LogP contribution is -2.44. The molecule has 0 spiro atoms. The summed E-state index contributed by atoms with van der Waals surface area (Å²) >= 11 is 0. The third-order valence-corrected chi connectivity index (χ3v) is 5.71. The van der Waals surface area contributed by atoms with Crippen molar-refractivity contribution >= 4 is 29.4 Å². The van der Waals surface area contributed by atoms with E-state index in [0.717, 1.165) is 36.3 Å². The Morgan fingerprint density at radius 3 is 2.69 bits per heavy atom. The first-order valence-electron chi connectivity index (χ1n) is 9.83. The molecule has 1 saturated carbocycles. The van der Waals surface area contributed by atoms with Crippen LogP contribution in [-0.4, -0.2) is 28.6 Å². The molecule has 3 aromatic heterocycles. The largest absolute Gasteiger partial charge is 0.466 e. The monoisotopic (exact) mass is 418 g/mol. The summed E-state index contributed by atoms with van der Waals surface area (Å²) in [5.74, 6) is 1.73. The summed E-state index contributed by atoms with van der Waals surface area (Å²) in [5.41, 5.74) is 8.95. The van der Waals surface area contributed by atoms with Gasteiger partial charge in [-0.2, -0.15) is 0 Å². The van der Waals surface area contributed by atoms with E-state index in [1.54, 1.807) is 6.07 Å². The second kappa shape index (κ2) is 8.55. The number of fused-ring (bicyclic) bond motifs is 1. The van der Waals surface area contributed by atoms with Crippen LogP contribution >= 0.6 is 12.4 Å². The average molecular weight is 419 g/mol. The maximum absolute atomic E-state index is 13.2. The molecule has 2 atom stereocenters. The zero-order valence-corrected chi connectivity index (χ0v) is 17.8. The van der Waals surface area contributed by atoms with Crippen molar-refractivity contribution in [2.24, 2.45) is 11.7 Å². The van der Waals surface area contributed by atoms with Crippen molar-refractivity contribution < 1.29 is 13.7 Å². The average Bonchev–Trinajstić information content (AvgIpc) is 3.23. The van der Waals surface area contributed by atoms with Crippen molar-refractivity contribution in [3.8, 4) is 11.3 Å². The van der Waals surface area contributed by atoms with Gasteiger partial charge in [0, 0.05) is 11.6 Å². The van der Waals surface area contributed by atoms with Crippen LogP contribution < -0.4 is 11.1 Å². The number of carbonyl (C=O) groups excluding carboxylic acids is 1. The smallest absolute Gasteiger partial charge is 0.259 e. The van der Waals surface area contributed by atoms with Crippen LogP contribution in [0.15, 0.2) is 21.1 Å². The molecule has 2 unspecified atom stereocenters. The van der Waals surface area contributed by atoms with Gasteiger partial charge in [0.15, 0.2) is 0 Å². The fraction of sp³-hybridized carbons (Fsp3) is 0.476. The number of amides is 1. The van der Waals surface area contributed by atoms with Gasteiger partial charge in [0.2, 0.25) is 0 Å². The highest BCUT2D eigenvalue weighted by molar-refractivity contribution is 6.07. The highest BCUT2D eigenvalue weighted by Gasteiger charge is 2.28. The summed E-state index contributed by atoms with van der Waals surface area (Å²) < 4.78 is 11.0. The molecule has 0 radical (unpaired) electrons. The van der Waals surface area contributed by atoms with Crippen molar-refractivity contribution in [1.29, 1.82) is 0 Å². The van der Waals surface area contributed by atoms with Crippen molar-refractivity contribution in [3.63, 3.8) is 0 Å². The van der Waals surface area contributed by atoms with Gasteiger partial charge >= 0.3 is 0 Å².